The van der Waals surface area contributed by atoms with Gasteiger partial charge in [0.05, 0.1) is 18.6 Å². The van der Waals surface area contributed by atoms with Crippen LogP contribution < -0.4 is 21.7 Å². The number of rotatable bonds is 12. The van der Waals surface area contributed by atoms with Crippen LogP contribution in [-0.4, -0.2) is 80.2 Å². The zero-order chi connectivity index (χ0) is 26.3. The van der Waals surface area contributed by atoms with Gasteiger partial charge >= 0.3 is 11.9 Å². The third-order valence-electron chi connectivity index (χ3n) is 5.20. The number of hydrogen-bond donors (Lipinski definition) is 8. The van der Waals surface area contributed by atoms with Gasteiger partial charge in [-0.15, -0.1) is 0 Å². The summed E-state index contributed by atoms with van der Waals surface area (Å²) in [6, 6.07) is 1.52. The quantitative estimate of drug-likeness (QED) is 0.172. The molecule has 1 aromatic heterocycles. The number of nitrogens with one attached hydrogen (secondary N) is 4. The smallest absolute Gasteiger partial charge is 0.326 e. The predicted octanol–water partition coefficient (Wildman–Crippen LogP) is -1.55. The highest BCUT2D eigenvalue weighted by molar-refractivity contribution is 5.96. The SMILES string of the molecule is CC(N)C(=O)NC(C(=O)NC(CC(=O)O)C(=O)NC(Cc1c[nH]c2ccccc12)C(=O)O)C(C)O. The van der Waals surface area contributed by atoms with Crippen molar-refractivity contribution in [2.45, 2.75) is 57.0 Å². The van der Waals surface area contributed by atoms with Gasteiger partial charge in [0, 0.05) is 23.5 Å². The summed E-state index contributed by atoms with van der Waals surface area (Å²) in [5.41, 5.74) is 6.83. The molecule has 13 nitrogen and oxygen atoms in total. The third kappa shape index (κ3) is 7.52. The van der Waals surface area contributed by atoms with Gasteiger partial charge in [-0.3, -0.25) is 19.2 Å². The van der Waals surface area contributed by atoms with Gasteiger partial charge in [0.2, 0.25) is 17.7 Å². The molecule has 0 spiro atoms. The van der Waals surface area contributed by atoms with Crippen molar-refractivity contribution in [3.05, 3.63) is 36.0 Å². The molecule has 0 saturated heterocycles. The summed E-state index contributed by atoms with van der Waals surface area (Å²) < 4.78 is 0. The number of amides is 3. The maximum Gasteiger partial charge on any atom is 0.326 e. The van der Waals surface area contributed by atoms with Crippen molar-refractivity contribution in [3.63, 3.8) is 0 Å². The molecule has 0 bridgehead atoms. The van der Waals surface area contributed by atoms with Crippen LogP contribution in [0.25, 0.3) is 10.9 Å². The number of nitrogens with two attached hydrogens (primary N) is 1. The highest BCUT2D eigenvalue weighted by Crippen LogP contribution is 2.19. The number of benzene rings is 1. The highest BCUT2D eigenvalue weighted by Gasteiger charge is 2.33. The van der Waals surface area contributed by atoms with E-state index in [2.05, 4.69) is 20.9 Å². The van der Waals surface area contributed by atoms with E-state index in [1.807, 2.05) is 0 Å². The Morgan fingerprint density at radius 1 is 0.943 bits per heavy atom. The number of carboxylic acid groups (broad SMARTS) is 2. The molecule has 2 aromatic rings. The van der Waals surface area contributed by atoms with Crippen molar-refractivity contribution in [2.75, 3.05) is 0 Å². The summed E-state index contributed by atoms with van der Waals surface area (Å²) in [5, 5.41) is 36.1. The largest absolute Gasteiger partial charge is 0.481 e. The molecule has 1 heterocycles. The standard InChI is InChI=1S/C22H29N5O8/c1-10(23)19(31)27-18(11(2)28)21(33)25-15(8-17(29)30)20(32)26-16(22(34)35)7-12-9-24-14-6-4-3-5-13(12)14/h3-6,9-11,15-16,18,24,28H,7-8,23H2,1-2H3,(H,25,33)(H,26,32)(H,27,31)(H,29,30)(H,34,35). The number of aliphatic hydroxyl groups excluding tert-OH is 1. The molecule has 190 valence electrons. The van der Waals surface area contributed by atoms with Crippen molar-refractivity contribution in [1.29, 1.82) is 0 Å². The normalized spacial score (nSPS) is 15.3. The zero-order valence-corrected chi connectivity index (χ0v) is 19.1. The van der Waals surface area contributed by atoms with Crippen LogP contribution in [0.15, 0.2) is 30.5 Å². The molecule has 13 heteroatoms. The second-order valence-electron chi connectivity index (χ2n) is 8.14. The lowest BCUT2D eigenvalue weighted by Gasteiger charge is -2.25. The average Bonchev–Trinajstić information content (AvgIpc) is 3.18. The molecule has 0 aliphatic rings. The van der Waals surface area contributed by atoms with Gasteiger partial charge in [-0.1, -0.05) is 18.2 Å². The summed E-state index contributed by atoms with van der Waals surface area (Å²) in [6.07, 6.45) is -0.776. The van der Waals surface area contributed by atoms with Gasteiger partial charge in [0.1, 0.15) is 18.1 Å². The Balaban J connectivity index is 2.18. The van der Waals surface area contributed by atoms with Crippen LogP contribution >= 0.6 is 0 Å². The van der Waals surface area contributed by atoms with Gasteiger partial charge in [-0.25, -0.2) is 4.79 Å². The fourth-order valence-corrected chi connectivity index (χ4v) is 3.33. The number of carbonyl (C=O) groups is 5. The third-order valence-corrected chi connectivity index (χ3v) is 5.20. The van der Waals surface area contributed by atoms with E-state index in [1.165, 1.54) is 13.8 Å². The van der Waals surface area contributed by atoms with E-state index in [1.54, 1.807) is 30.5 Å². The van der Waals surface area contributed by atoms with Gasteiger partial charge in [0.15, 0.2) is 0 Å². The van der Waals surface area contributed by atoms with Crippen molar-refractivity contribution >= 4 is 40.6 Å². The van der Waals surface area contributed by atoms with Crippen LogP contribution in [0, 0.1) is 0 Å². The van der Waals surface area contributed by atoms with E-state index in [-0.39, 0.29) is 6.42 Å². The highest BCUT2D eigenvalue weighted by atomic mass is 16.4. The fourth-order valence-electron chi connectivity index (χ4n) is 3.33. The Morgan fingerprint density at radius 2 is 1.57 bits per heavy atom. The number of aromatic amines is 1. The van der Waals surface area contributed by atoms with Crippen molar-refractivity contribution in [3.8, 4) is 0 Å². The first-order valence-electron chi connectivity index (χ1n) is 10.7. The molecule has 0 fully saturated rings. The Bertz CT molecular complexity index is 1100. The first-order valence-corrected chi connectivity index (χ1v) is 10.7. The van der Waals surface area contributed by atoms with Crippen molar-refractivity contribution in [2.24, 2.45) is 5.73 Å². The van der Waals surface area contributed by atoms with Gasteiger partial charge in [0.25, 0.3) is 0 Å². The molecule has 5 atom stereocenters. The summed E-state index contributed by atoms with van der Waals surface area (Å²) in [5.74, 6) is -5.66. The second-order valence-corrected chi connectivity index (χ2v) is 8.14. The number of aromatic nitrogens is 1. The molecule has 2 rings (SSSR count). The van der Waals surface area contributed by atoms with E-state index in [4.69, 9.17) is 5.73 Å². The van der Waals surface area contributed by atoms with E-state index < -0.39 is 66.4 Å². The van der Waals surface area contributed by atoms with E-state index >= 15 is 0 Å². The lowest BCUT2D eigenvalue weighted by Crippen LogP contribution is -2.60. The lowest BCUT2D eigenvalue weighted by molar-refractivity contribution is -0.143. The number of aliphatic carboxylic acids is 2. The van der Waals surface area contributed by atoms with Crippen LogP contribution in [0.5, 0.6) is 0 Å². The van der Waals surface area contributed by atoms with Crippen LogP contribution in [0.2, 0.25) is 0 Å². The second kappa shape index (κ2) is 11.9. The van der Waals surface area contributed by atoms with Gasteiger partial charge in [-0.05, 0) is 25.5 Å². The maximum atomic E-state index is 12.8. The predicted molar refractivity (Wildman–Crippen MR) is 123 cm³/mol. The minimum absolute atomic E-state index is 0.112. The number of carbonyl (C=O) groups excluding carboxylic acids is 3. The molecule has 1 aromatic carbocycles. The molecule has 0 aliphatic carbocycles. The zero-order valence-electron chi connectivity index (χ0n) is 19.1. The molecule has 35 heavy (non-hydrogen) atoms. The summed E-state index contributed by atoms with van der Waals surface area (Å²) in [4.78, 5) is 63.4. The van der Waals surface area contributed by atoms with E-state index in [9.17, 15) is 39.3 Å². The number of aliphatic hydroxyl groups is 1. The Labute approximate surface area is 200 Å². The van der Waals surface area contributed by atoms with Gasteiger partial charge < -0.3 is 42.0 Å². The molecular formula is C22H29N5O8. The number of H-pyrrole nitrogens is 1. The van der Waals surface area contributed by atoms with Crippen LogP contribution in [-0.2, 0) is 30.4 Å². The first-order chi connectivity index (χ1) is 16.4. The summed E-state index contributed by atoms with van der Waals surface area (Å²) in [7, 11) is 0. The Kier molecular flexibility index (Phi) is 9.31. The van der Waals surface area contributed by atoms with Crippen LogP contribution in [0.4, 0.5) is 0 Å². The molecule has 0 aliphatic heterocycles. The minimum Gasteiger partial charge on any atom is -0.481 e. The van der Waals surface area contributed by atoms with Gasteiger partial charge in [-0.2, -0.15) is 0 Å². The van der Waals surface area contributed by atoms with Crippen molar-refractivity contribution in [1.82, 2.24) is 20.9 Å². The Morgan fingerprint density at radius 3 is 2.14 bits per heavy atom. The van der Waals surface area contributed by atoms with E-state index in [0.29, 0.717) is 5.56 Å². The monoisotopic (exact) mass is 491 g/mol. The first kappa shape index (κ1) is 27.3. The minimum atomic E-state index is -1.68. The summed E-state index contributed by atoms with van der Waals surface area (Å²) >= 11 is 0. The number of fused-ring (bicyclic) bond motifs is 1. The van der Waals surface area contributed by atoms with Crippen molar-refractivity contribution < 1.29 is 39.3 Å². The topological polar surface area (TPSA) is 224 Å². The number of hydrogen-bond acceptors (Lipinski definition) is 7. The van der Waals surface area contributed by atoms with Crippen LogP contribution in [0.1, 0.15) is 25.8 Å². The molecule has 3 amide bonds. The summed E-state index contributed by atoms with van der Waals surface area (Å²) in [6.45, 7) is 2.56. The number of carboxylic acids is 2. The molecule has 9 N–H and O–H groups in total. The fraction of sp³-hybridized carbons (Fsp3) is 0.409. The molecule has 0 saturated carbocycles. The average molecular weight is 492 g/mol. The van der Waals surface area contributed by atoms with E-state index in [0.717, 1.165) is 10.9 Å². The van der Waals surface area contributed by atoms with Crippen LogP contribution in [0.3, 0.4) is 0 Å². The number of para-hydroxylation sites is 1. The maximum absolute atomic E-state index is 12.8. The molecule has 0 radical (unpaired) electrons. The Hall–Kier alpha value is -3.97. The molecular weight excluding hydrogens is 462 g/mol. The lowest BCUT2D eigenvalue weighted by atomic mass is 10.0. The molecule has 5 unspecified atom stereocenters.